The Bertz CT molecular complexity index is 1020. The van der Waals surface area contributed by atoms with Crippen LogP contribution in [0.15, 0.2) is 53.6 Å². The number of rotatable bonds is 2. The van der Waals surface area contributed by atoms with Crippen molar-refractivity contribution in [3.8, 4) is 0 Å². The topological polar surface area (TPSA) is 77.8 Å². The largest absolute Gasteiger partial charge is 0.466 e. The van der Waals surface area contributed by atoms with E-state index in [0.29, 0.717) is 2.01 Å². The molecule has 4 nitrogen and oxygen atoms in total. The summed E-state index contributed by atoms with van der Waals surface area (Å²) in [7, 11) is -4.64. The van der Waals surface area contributed by atoms with Gasteiger partial charge in [-0.3, -0.25) is 0 Å². The Morgan fingerprint density at radius 2 is 1.26 bits per heavy atom. The van der Waals surface area contributed by atoms with Gasteiger partial charge in [0.1, 0.15) is 0 Å². The van der Waals surface area contributed by atoms with Gasteiger partial charge in [0.2, 0.25) is 0 Å². The van der Waals surface area contributed by atoms with Gasteiger partial charge in [-0.15, -0.1) is 0 Å². The smallest absolute Gasteiger partial charge is 0.303 e. The Balaban J connectivity index is 0.00000111. The van der Waals surface area contributed by atoms with Gasteiger partial charge in [-0.05, 0) is 0 Å². The number of phosphoric acid groups is 1. The maximum atomic E-state index is 8.88. The Kier molecular flexibility index (Phi) is 10.6. The first-order valence-corrected chi connectivity index (χ1v) is 16.3. The molecule has 1 aliphatic rings. The molecule has 194 valence electrons. The van der Waals surface area contributed by atoms with Crippen molar-refractivity contribution >= 4 is 43.3 Å². The summed E-state index contributed by atoms with van der Waals surface area (Å²) in [5.41, 5.74) is 8.03. The van der Waals surface area contributed by atoms with E-state index in [1.165, 1.54) is 16.7 Å². The van der Waals surface area contributed by atoms with Gasteiger partial charge >= 0.3 is 215 Å². The number of hydrogen-bond acceptors (Lipinski definition) is 1. The van der Waals surface area contributed by atoms with Crippen LogP contribution in [-0.4, -0.2) is 48.5 Å². The average molecular weight is 531 g/mol. The van der Waals surface area contributed by atoms with Gasteiger partial charge in [-0.1, -0.05) is 0 Å². The molecule has 0 amide bonds. The molecule has 0 radical (unpaired) electrons. The van der Waals surface area contributed by atoms with E-state index in [1.807, 2.05) is 0 Å². The van der Waals surface area contributed by atoms with Gasteiger partial charge in [-0.25, -0.2) is 4.57 Å². The second-order valence-corrected chi connectivity index (χ2v) is 18.0. The van der Waals surface area contributed by atoms with E-state index in [9.17, 15) is 0 Å². The standard InChI is InChI=1S/C15H23.C14H21.Ca.H3O4P/c1-11-8-12(14(2,3)4)10-13(9-11)15(5,6)7;1-13(2,3)11-8-7-9-12(10-11)14(4,5)6;;1-5(2,3)4/h8-10H,1H2,2-7H3;7-8,10H,1-6H3;;(H3,1,2,3,4). The minimum atomic E-state index is -4.64. The summed E-state index contributed by atoms with van der Waals surface area (Å²) in [6.07, 6.45) is 4.91. The molecule has 0 aliphatic heterocycles. The maximum absolute atomic E-state index is 8.88. The third-order valence-electron chi connectivity index (χ3n) is 6.41. The average Bonchev–Trinajstić information content (AvgIpc) is 2.58. The third-order valence-corrected chi connectivity index (χ3v) is 10.2. The summed E-state index contributed by atoms with van der Waals surface area (Å²) in [5, 5.41) is 0. The molecule has 0 saturated heterocycles. The van der Waals surface area contributed by atoms with Crippen LogP contribution in [0.1, 0.15) is 94.2 Å². The first-order chi connectivity index (χ1) is 15.3. The van der Waals surface area contributed by atoms with Crippen molar-refractivity contribution in [2.45, 2.75) is 95.9 Å². The number of hydrogen-bond donors (Lipinski definition) is 3. The van der Waals surface area contributed by atoms with Crippen molar-refractivity contribution in [2.75, 3.05) is 0 Å². The molecule has 6 heteroatoms. The minimum Gasteiger partial charge on any atom is -0.303 e. The van der Waals surface area contributed by atoms with Crippen LogP contribution in [0.3, 0.4) is 0 Å². The summed E-state index contributed by atoms with van der Waals surface area (Å²) >= 11 is -1.14. The molecule has 35 heavy (non-hydrogen) atoms. The van der Waals surface area contributed by atoms with Gasteiger partial charge in [0.15, 0.2) is 0 Å². The molecular formula is C29H47CaO4P. The van der Waals surface area contributed by atoms with E-state index < -0.39 is 41.7 Å². The van der Waals surface area contributed by atoms with E-state index >= 15 is 0 Å². The fourth-order valence-electron chi connectivity index (χ4n) is 4.36. The molecule has 0 heterocycles. The summed E-state index contributed by atoms with van der Waals surface area (Å²) < 4.78 is 11.1. The second kappa shape index (κ2) is 11.3. The summed E-state index contributed by atoms with van der Waals surface area (Å²) in [4.78, 5) is 21.6. The van der Waals surface area contributed by atoms with E-state index in [2.05, 4.69) is 120 Å². The van der Waals surface area contributed by atoms with Crippen LogP contribution in [-0.2, 0) is 15.4 Å². The van der Waals surface area contributed by atoms with Crippen LogP contribution in [0.4, 0.5) is 0 Å². The van der Waals surface area contributed by atoms with Crippen LogP contribution in [0.2, 0.25) is 2.01 Å². The fourth-order valence-corrected chi connectivity index (χ4v) is 8.85. The molecule has 0 saturated carbocycles. The summed E-state index contributed by atoms with van der Waals surface area (Å²) in [6.45, 7) is 32.7. The molecule has 0 spiro atoms. The molecule has 1 aliphatic carbocycles. The molecule has 0 aromatic heterocycles. The quantitative estimate of drug-likeness (QED) is 0.285. The van der Waals surface area contributed by atoms with E-state index in [-0.39, 0.29) is 21.7 Å². The monoisotopic (exact) mass is 530 g/mol. The van der Waals surface area contributed by atoms with Crippen LogP contribution < -0.4 is 1.66 Å². The van der Waals surface area contributed by atoms with Crippen LogP contribution in [0, 0.1) is 10.8 Å². The molecule has 1 atom stereocenters. The van der Waals surface area contributed by atoms with Gasteiger partial charge in [0.25, 0.3) is 0 Å². The van der Waals surface area contributed by atoms with Gasteiger partial charge in [0, 0.05) is 0 Å². The van der Waals surface area contributed by atoms with Gasteiger partial charge in [-0.2, -0.15) is 0 Å². The van der Waals surface area contributed by atoms with E-state index in [1.54, 1.807) is 12.8 Å². The number of allylic oxidation sites excluding steroid dienone is 5. The molecule has 1 aromatic rings. The Hall–Kier alpha value is -0.190. The molecule has 0 bridgehead atoms. The van der Waals surface area contributed by atoms with Crippen molar-refractivity contribution in [3.05, 3.63) is 64.8 Å². The zero-order valence-corrected chi connectivity index (χ0v) is 27.2. The maximum Gasteiger partial charge on any atom is 0.466 e. The molecule has 2 rings (SSSR count). The third kappa shape index (κ3) is 10.6. The predicted octanol–water partition coefficient (Wildman–Crippen LogP) is 6.99. The molecule has 1 unspecified atom stereocenters. The van der Waals surface area contributed by atoms with Crippen molar-refractivity contribution in [1.29, 1.82) is 0 Å². The zero-order valence-electron chi connectivity index (χ0n) is 24.1. The zero-order chi connectivity index (χ0) is 27.8. The fraction of sp³-hybridized carbons (Fsp3) is 0.586. The summed E-state index contributed by atoms with van der Waals surface area (Å²) in [6, 6.07) is 7.36. The van der Waals surface area contributed by atoms with Crippen molar-refractivity contribution in [3.63, 3.8) is 0 Å². The van der Waals surface area contributed by atoms with Crippen molar-refractivity contribution < 1.29 is 19.2 Å². The van der Waals surface area contributed by atoms with Crippen LogP contribution in [0.5, 0.6) is 0 Å². The predicted molar refractivity (Wildman–Crippen MR) is 151 cm³/mol. The normalized spacial score (nSPS) is 17.7. The van der Waals surface area contributed by atoms with E-state index in [0.717, 1.165) is 0 Å². The molecule has 1 aromatic carbocycles. The molecule has 3 N–H and O–H groups in total. The Morgan fingerprint density at radius 1 is 0.771 bits per heavy atom. The first kappa shape index (κ1) is 32.8. The van der Waals surface area contributed by atoms with Gasteiger partial charge in [0.05, 0.1) is 0 Å². The molecule has 0 fully saturated rings. The van der Waals surface area contributed by atoms with Crippen molar-refractivity contribution in [2.24, 2.45) is 10.8 Å². The minimum absolute atomic E-state index is 0.155. The summed E-state index contributed by atoms with van der Waals surface area (Å²) in [5.74, 6) is 0. The SMILES string of the molecule is C=C1C=C(C(C)(C)C)C=C(C(C)(C)C)[CH]1[Ca][c]1ccc(C(C)(C)C)cc1C(C)(C)C.O=P(O)(O)O. The number of benzene rings is 1. The first-order valence-electron chi connectivity index (χ1n) is 12.4. The van der Waals surface area contributed by atoms with E-state index in [4.69, 9.17) is 19.2 Å². The van der Waals surface area contributed by atoms with Crippen LogP contribution in [0.25, 0.3) is 0 Å². The molecular weight excluding hydrogens is 483 g/mol. The Morgan fingerprint density at radius 3 is 1.63 bits per heavy atom. The van der Waals surface area contributed by atoms with Gasteiger partial charge < -0.3 is 14.7 Å². The van der Waals surface area contributed by atoms with Crippen molar-refractivity contribution in [1.82, 2.24) is 0 Å². The Labute approximate surface area is 232 Å². The second-order valence-electron chi connectivity index (χ2n) is 13.9. The van der Waals surface area contributed by atoms with Crippen LogP contribution >= 0.6 is 7.82 Å².